The van der Waals surface area contributed by atoms with Gasteiger partial charge in [-0.1, -0.05) is 26.2 Å². The largest absolute Gasteiger partial charge is 0.481 e. The highest BCUT2D eigenvalue weighted by atomic mass is 16.4. The van der Waals surface area contributed by atoms with E-state index < -0.39 is 5.97 Å². The molecule has 0 heterocycles. The fourth-order valence-corrected chi connectivity index (χ4v) is 2.66. The first kappa shape index (κ1) is 15.8. The quantitative estimate of drug-likeness (QED) is 0.778. The van der Waals surface area contributed by atoms with Crippen molar-refractivity contribution in [2.45, 2.75) is 46.0 Å². The zero-order chi connectivity index (χ0) is 14.3. The first-order valence-electron chi connectivity index (χ1n) is 7.29. The lowest BCUT2D eigenvalue weighted by molar-refractivity contribution is -0.137. The van der Waals surface area contributed by atoms with Crippen LogP contribution in [-0.2, 0) is 4.79 Å². The van der Waals surface area contributed by atoms with Gasteiger partial charge in [-0.3, -0.25) is 4.79 Å². The fourth-order valence-electron chi connectivity index (χ4n) is 2.66. The number of aliphatic carboxylic acids is 1. The van der Waals surface area contributed by atoms with Crippen molar-refractivity contribution in [1.29, 1.82) is 0 Å². The van der Waals surface area contributed by atoms with Gasteiger partial charge in [-0.15, -0.1) is 0 Å². The van der Waals surface area contributed by atoms with Gasteiger partial charge in [0.25, 0.3) is 0 Å². The number of rotatable bonds is 6. The van der Waals surface area contributed by atoms with Crippen LogP contribution >= 0.6 is 0 Å². The van der Waals surface area contributed by atoms with Gasteiger partial charge in [0.1, 0.15) is 0 Å². The minimum absolute atomic E-state index is 0.00108. The van der Waals surface area contributed by atoms with Crippen LogP contribution in [0.3, 0.4) is 0 Å². The summed E-state index contributed by atoms with van der Waals surface area (Å²) in [6.45, 7) is 5.64. The molecular formula is C14H26N2O3. The van der Waals surface area contributed by atoms with E-state index in [9.17, 15) is 9.59 Å². The molecule has 110 valence electrons. The van der Waals surface area contributed by atoms with Crippen molar-refractivity contribution < 1.29 is 14.7 Å². The van der Waals surface area contributed by atoms with Crippen molar-refractivity contribution >= 4 is 12.0 Å². The molecule has 0 aromatic heterocycles. The minimum Gasteiger partial charge on any atom is -0.481 e. The Balaban J connectivity index is 2.33. The summed E-state index contributed by atoms with van der Waals surface area (Å²) in [4.78, 5) is 24.0. The number of nitrogens with zero attached hydrogens (tertiary/aromatic N) is 1. The van der Waals surface area contributed by atoms with E-state index in [1.807, 2.05) is 6.92 Å². The van der Waals surface area contributed by atoms with E-state index in [0.717, 1.165) is 0 Å². The number of carbonyl (C=O) groups excluding carboxylic acids is 1. The lowest BCUT2D eigenvalue weighted by Gasteiger charge is -2.30. The Morgan fingerprint density at radius 2 is 2.00 bits per heavy atom. The summed E-state index contributed by atoms with van der Waals surface area (Å²) in [5.41, 5.74) is 0. The maximum absolute atomic E-state index is 12.0. The summed E-state index contributed by atoms with van der Waals surface area (Å²) in [5, 5.41) is 11.6. The summed E-state index contributed by atoms with van der Waals surface area (Å²) in [6.07, 6.45) is 4.98. The highest BCUT2D eigenvalue weighted by Crippen LogP contribution is 2.28. The monoisotopic (exact) mass is 270 g/mol. The predicted octanol–water partition coefficient (Wildman–Crippen LogP) is 2.32. The summed E-state index contributed by atoms with van der Waals surface area (Å²) in [5.74, 6) is 0.367. The fraction of sp³-hybridized carbons (Fsp3) is 0.857. The van der Waals surface area contributed by atoms with E-state index in [4.69, 9.17) is 5.11 Å². The molecular weight excluding hydrogens is 244 g/mol. The van der Waals surface area contributed by atoms with Gasteiger partial charge < -0.3 is 15.3 Å². The standard InChI is InChI=1S/C14H26N2O3/c1-3-16(9-8-13(17)18)14(19)15-10-12-7-5-4-6-11(12)2/h11-12H,3-10H2,1-2H3,(H,15,19)(H,17,18). The lowest BCUT2D eigenvalue weighted by Crippen LogP contribution is -2.43. The number of amides is 2. The van der Waals surface area contributed by atoms with Crippen LogP contribution in [0, 0.1) is 11.8 Å². The number of urea groups is 1. The molecule has 0 radical (unpaired) electrons. The third-order valence-electron chi connectivity index (χ3n) is 4.07. The van der Waals surface area contributed by atoms with Crippen LogP contribution in [-0.4, -0.2) is 41.6 Å². The third-order valence-corrected chi connectivity index (χ3v) is 4.07. The van der Waals surface area contributed by atoms with E-state index >= 15 is 0 Å². The number of hydrogen-bond acceptors (Lipinski definition) is 2. The molecule has 0 spiro atoms. The number of nitrogens with one attached hydrogen (secondary N) is 1. The molecule has 1 saturated carbocycles. The molecule has 1 fully saturated rings. The molecule has 5 nitrogen and oxygen atoms in total. The molecule has 2 N–H and O–H groups in total. The highest BCUT2D eigenvalue weighted by Gasteiger charge is 2.22. The molecule has 2 amide bonds. The normalized spacial score (nSPS) is 22.8. The Kier molecular flexibility index (Phi) is 6.67. The van der Waals surface area contributed by atoms with Crippen LogP contribution < -0.4 is 5.32 Å². The smallest absolute Gasteiger partial charge is 0.317 e. The molecule has 1 rings (SSSR count). The first-order chi connectivity index (χ1) is 9.04. The maximum atomic E-state index is 12.0. The molecule has 0 bridgehead atoms. The van der Waals surface area contributed by atoms with E-state index in [2.05, 4.69) is 12.2 Å². The second-order valence-corrected chi connectivity index (χ2v) is 5.43. The number of carbonyl (C=O) groups is 2. The average Bonchev–Trinajstić information content (AvgIpc) is 2.38. The SMILES string of the molecule is CCN(CCC(=O)O)C(=O)NCC1CCCCC1C. The number of carboxylic acids is 1. The van der Waals surface area contributed by atoms with Crippen LogP contribution in [0.1, 0.15) is 46.0 Å². The number of carboxylic acid groups (broad SMARTS) is 1. The van der Waals surface area contributed by atoms with Gasteiger partial charge in [0.2, 0.25) is 0 Å². The van der Waals surface area contributed by atoms with Crippen molar-refractivity contribution in [3.8, 4) is 0 Å². The second kappa shape index (κ2) is 8.02. The third kappa shape index (κ3) is 5.49. The molecule has 1 aliphatic rings. The maximum Gasteiger partial charge on any atom is 0.317 e. The topological polar surface area (TPSA) is 69.6 Å². The van der Waals surface area contributed by atoms with Crippen molar-refractivity contribution in [3.63, 3.8) is 0 Å². The molecule has 2 unspecified atom stereocenters. The van der Waals surface area contributed by atoms with E-state index in [1.54, 1.807) is 4.90 Å². The molecule has 19 heavy (non-hydrogen) atoms. The van der Waals surface area contributed by atoms with Crippen molar-refractivity contribution in [2.75, 3.05) is 19.6 Å². The Hall–Kier alpha value is -1.26. The second-order valence-electron chi connectivity index (χ2n) is 5.43. The molecule has 1 aliphatic carbocycles. The van der Waals surface area contributed by atoms with Gasteiger partial charge >= 0.3 is 12.0 Å². The van der Waals surface area contributed by atoms with Crippen molar-refractivity contribution in [3.05, 3.63) is 0 Å². The summed E-state index contributed by atoms with van der Waals surface area (Å²) in [6, 6.07) is -0.137. The minimum atomic E-state index is -0.868. The van der Waals surface area contributed by atoms with Crippen LogP contribution in [0.2, 0.25) is 0 Å². The Labute approximate surface area is 115 Å². The predicted molar refractivity (Wildman–Crippen MR) is 74.0 cm³/mol. The van der Waals surface area contributed by atoms with Gasteiger partial charge in [0.05, 0.1) is 6.42 Å². The Morgan fingerprint density at radius 1 is 1.32 bits per heavy atom. The van der Waals surface area contributed by atoms with Gasteiger partial charge in [-0.25, -0.2) is 4.79 Å². The Bertz CT molecular complexity index is 307. The van der Waals surface area contributed by atoms with Gasteiger partial charge in [-0.2, -0.15) is 0 Å². The average molecular weight is 270 g/mol. The zero-order valence-corrected chi connectivity index (χ0v) is 12.0. The highest BCUT2D eigenvalue weighted by molar-refractivity contribution is 5.75. The first-order valence-corrected chi connectivity index (χ1v) is 7.29. The van der Waals surface area contributed by atoms with Gasteiger partial charge in [-0.05, 0) is 25.2 Å². The Morgan fingerprint density at radius 3 is 2.58 bits per heavy atom. The number of hydrogen-bond donors (Lipinski definition) is 2. The summed E-state index contributed by atoms with van der Waals surface area (Å²) >= 11 is 0. The van der Waals surface area contributed by atoms with E-state index in [0.29, 0.717) is 24.9 Å². The lowest BCUT2D eigenvalue weighted by atomic mass is 9.80. The van der Waals surface area contributed by atoms with Crippen LogP contribution in [0.15, 0.2) is 0 Å². The van der Waals surface area contributed by atoms with Crippen molar-refractivity contribution in [1.82, 2.24) is 10.2 Å². The van der Waals surface area contributed by atoms with E-state index in [1.165, 1.54) is 25.7 Å². The molecule has 5 heteroatoms. The molecule has 2 atom stereocenters. The summed E-state index contributed by atoms with van der Waals surface area (Å²) < 4.78 is 0. The van der Waals surface area contributed by atoms with Crippen LogP contribution in [0.25, 0.3) is 0 Å². The van der Waals surface area contributed by atoms with Crippen molar-refractivity contribution in [2.24, 2.45) is 11.8 Å². The summed E-state index contributed by atoms with van der Waals surface area (Å²) in [7, 11) is 0. The van der Waals surface area contributed by atoms with Crippen LogP contribution in [0.5, 0.6) is 0 Å². The molecule has 0 aromatic rings. The zero-order valence-electron chi connectivity index (χ0n) is 12.0. The van der Waals surface area contributed by atoms with E-state index in [-0.39, 0.29) is 19.0 Å². The molecule has 0 aromatic carbocycles. The molecule has 0 aliphatic heterocycles. The van der Waals surface area contributed by atoms with Gasteiger partial charge in [0, 0.05) is 19.6 Å². The van der Waals surface area contributed by atoms with Crippen LogP contribution in [0.4, 0.5) is 4.79 Å². The van der Waals surface area contributed by atoms with Gasteiger partial charge in [0.15, 0.2) is 0 Å². The molecule has 0 saturated heterocycles.